The van der Waals surface area contributed by atoms with Gasteiger partial charge in [0.05, 0.1) is 18.1 Å². The van der Waals surface area contributed by atoms with Gasteiger partial charge in [-0.25, -0.2) is 8.42 Å². The molecule has 20 heavy (non-hydrogen) atoms. The van der Waals surface area contributed by atoms with Crippen LogP contribution in [0.2, 0.25) is 0 Å². The highest BCUT2D eigenvalue weighted by atomic mass is 32.2. The molecule has 5 heteroatoms. The predicted molar refractivity (Wildman–Crippen MR) is 78.0 cm³/mol. The SMILES string of the molecule is O=S1(=O)CCC(NCc2ccc(-c3ccccc3)o2)C1. The maximum absolute atomic E-state index is 11.4. The second kappa shape index (κ2) is 5.42. The van der Waals surface area contributed by atoms with Gasteiger partial charge in [-0.3, -0.25) is 0 Å². The van der Waals surface area contributed by atoms with Gasteiger partial charge in [-0.05, 0) is 18.6 Å². The summed E-state index contributed by atoms with van der Waals surface area (Å²) < 4.78 is 28.5. The molecule has 1 aromatic carbocycles. The highest BCUT2D eigenvalue weighted by molar-refractivity contribution is 7.91. The fourth-order valence-electron chi connectivity index (χ4n) is 2.43. The molecule has 106 valence electrons. The van der Waals surface area contributed by atoms with Gasteiger partial charge in [-0.15, -0.1) is 0 Å². The van der Waals surface area contributed by atoms with Crippen LogP contribution in [0.4, 0.5) is 0 Å². The van der Waals surface area contributed by atoms with Crippen LogP contribution in [0, 0.1) is 0 Å². The zero-order chi connectivity index (χ0) is 14.0. The van der Waals surface area contributed by atoms with E-state index in [0.717, 1.165) is 17.1 Å². The third-order valence-corrected chi connectivity index (χ3v) is 5.29. The average molecular weight is 291 g/mol. The van der Waals surface area contributed by atoms with Gasteiger partial charge < -0.3 is 9.73 Å². The lowest BCUT2D eigenvalue weighted by molar-refractivity contribution is 0.464. The van der Waals surface area contributed by atoms with Crippen molar-refractivity contribution in [2.75, 3.05) is 11.5 Å². The summed E-state index contributed by atoms with van der Waals surface area (Å²) in [7, 11) is -2.83. The Bertz CT molecular complexity index is 676. The van der Waals surface area contributed by atoms with Crippen molar-refractivity contribution in [1.29, 1.82) is 0 Å². The largest absolute Gasteiger partial charge is 0.460 e. The van der Waals surface area contributed by atoms with Crippen LogP contribution >= 0.6 is 0 Å². The lowest BCUT2D eigenvalue weighted by Gasteiger charge is -2.08. The molecule has 2 heterocycles. The van der Waals surface area contributed by atoms with Crippen molar-refractivity contribution in [2.24, 2.45) is 0 Å². The van der Waals surface area contributed by atoms with Gasteiger partial charge in [0.25, 0.3) is 0 Å². The molecule has 1 saturated heterocycles. The molecular weight excluding hydrogens is 274 g/mol. The Morgan fingerprint density at radius 1 is 1.15 bits per heavy atom. The summed E-state index contributed by atoms with van der Waals surface area (Å²) in [4.78, 5) is 0. The molecule has 1 unspecified atom stereocenters. The number of furan rings is 1. The highest BCUT2D eigenvalue weighted by Gasteiger charge is 2.27. The minimum Gasteiger partial charge on any atom is -0.460 e. The molecular formula is C15H17NO3S. The van der Waals surface area contributed by atoms with Crippen molar-refractivity contribution in [3.63, 3.8) is 0 Å². The second-order valence-corrected chi connectivity index (χ2v) is 7.34. The summed E-state index contributed by atoms with van der Waals surface area (Å²) in [6.07, 6.45) is 0.689. The Labute approximate surface area is 118 Å². The van der Waals surface area contributed by atoms with Crippen LogP contribution in [0.25, 0.3) is 11.3 Å². The molecule has 0 spiro atoms. The topological polar surface area (TPSA) is 59.3 Å². The van der Waals surface area contributed by atoms with Crippen LogP contribution in [-0.4, -0.2) is 26.0 Å². The second-order valence-electron chi connectivity index (χ2n) is 5.11. The van der Waals surface area contributed by atoms with Gasteiger partial charge in [0.15, 0.2) is 9.84 Å². The smallest absolute Gasteiger partial charge is 0.151 e. The lowest BCUT2D eigenvalue weighted by Crippen LogP contribution is -2.29. The van der Waals surface area contributed by atoms with Crippen molar-refractivity contribution in [3.8, 4) is 11.3 Å². The first-order chi connectivity index (χ1) is 9.62. The summed E-state index contributed by atoms with van der Waals surface area (Å²) in [5.41, 5.74) is 1.04. The summed E-state index contributed by atoms with van der Waals surface area (Å²) in [5, 5.41) is 3.25. The van der Waals surface area contributed by atoms with Crippen molar-refractivity contribution in [3.05, 3.63) is 48.2 Å². The number of sulfone groups is 1. The quantitative estimate of drug-likeness (QED) is 0.938. The molecule has 1 aromatic heterocycles. The number of hydrogen-bond acceptors (Lipinski definition) is 4. The number of nitrogens with one attached hydrogen (secondary N) is 1. The van der Waals surface area contributed by atoms with Gasteiger partial charge in [0.1, 0.15) is 11.5 Å². The molecule has 1 fully saturated rings. The van der Waals surface area contributed by atoms with Gasteiger partial charge in [-0.2, -0.15) is 0 Å². The van der Waals surface area contributed by atoms with Crippen LogP contribution < -0.4 is 5.32 Å². The number of benzene rings is 1. The Hall–Kier alpha value is -1.59. The van der Waals surface area contributed by atoms with E-state index < -0.39 is 9.84 Å². The van der Waals surface area contributed by atoms with Crippen molar-refractivity contribution >= 4 is 9.84 Å². The predicted octanol–water partition coefficient (Wildman–Crippen LogP) is 2.22. The third kappa shape index (κ3) is 3.11. The first-order valence-electron chi connectivity index (χ1n) is 6.70. The van der Waals surface area contributed by atoms with Gasteiger partial charge in [0.2, 0.25) is 0 Å². The van der Waals surface area contributed by atoms with E-state index in [1.807, 2.05) is 42.5 Å². The van der Waals surface area contributed by atoms with E-state index >= 15 is 0 Å². The Kier molecular flexibility index (Phi) is 3.63. The first kappa shape index (κ1) is 13.4. The highest BCUT2D eigenvalue weighted by Crippen LogP contribution is 2.22. The van der Waals surface area contributed by atoms with Crippen LogP contribution in [0.1, 0.15) is 12.2 Å². The zero-order valence-corrected chi connectivity index (χ0v) is 11.9. The molecule has 0 aliphatic carbocycles. The average Bonchev–Trinajstić information content (AvgIpc) is 3.04. The summed E-state index contributed by atoms with van der Waals surface area (Å²) in [6.45, 7) is 0.563. The minimum atomic E-state index is -2.83. The molecule has 0 bridgehead atoms. The molecule has 1 aliphatic heterocycles. The molecule has 2 aromatic rings. The minimum absolute atomic E-state index is 0.0466. The first-order valence-corrected chi connectivity index (χ1v) is 8.52. The monoisotopic (exact) mass is 291 g/mol. The maximum atomic E-state index is 11.4. The van der Waals surface area contributed by atoms with E-state index in [1.165, 1.54) is 0 Å². The van der Waals surface area contributed by atoms with E-state index in [-0.39, 0.29) is 17.5 Å². The maximum Gasteiger partial charge on any atom is 0.151 e. The Balaban J connectivity index is 1.61. The Morgan fingerprint density at radius 2 is 1.95 bits per heavy atom. The summed E-state index contributed by atoms with van der Waals surface area (Å²) in [5.74, 6) is 2.19. The fourth-order valence-corrected chi connectivity index (χ4v) is 4.14. The molecule has 1 atom stereocenters. The van der Waals surface area contributed by atoms with E-state index in [0.29, 0.717) is 13.0 Å². The standard InChI is InChI=1S/C15H17NO3S/c17-20(18)9-8-13(11-20)16-10-14-6-7-15(19-14)12-4-2-1-3-5-12/h1-7,13,16H,8-11H2. The van der Waals surface area contributed by atoms with Crippen LogP contribution in [0.15, 0.2) is 46.9 Å². The van der Waals surface area contributed by atoms with Crippen LogP contribution in [0.5, 0.6) is 0 Å². The van der Waals surface area contributed by atoms with Gasteiger partial charge in [-0.1, -0.05) is 30.3 Å². The molecule has 1 N–H and O–H groups in total. The molecule has 0 radical (unpaired) electrons. The molecule has 0 amide bonds. The molecule has 0 saturated carbocycles. The number of hydrogen-bond donors (Lipinski definition) is 1. The normalized spacial score (nSPS) is 21.1. The van der Waals surface area contributed by atoms with Crippen molar-refractivity contribution in [1.82, 2.24) is 5.32 Å². The summed E-state index contributed by atoms with van der Waals surface area (Å²) >= 11 is 0. The van der Waals surface area contributed by atoms with Gasteiger partial charge in [0, 0.05) is 11.6 Å². The molecule has 4 nitrogen and oxygen atoms in total. The third-order valence-electron chi connectivity index (χ3n) is 3.52. The molecule has 3 rings (SSSR count). The zero-order valence-electron chi connectivity index (χ0n) is 11.1. The summed E-state index contributed by atoms with van der Waals surface area (Å²) in [6, 6.07) is 13.8. The van der Waals surface area contributed by atoms with Crippen LogP contribution in [-0.2, 0) is 16.4 Å². The van der Waals surface area contributed by atoms with E-state index in [9.17, 15) is 8.42 Å². The van der Waals surface area contributed by atoms with Crippen molar-refractivity contribution in [2.45, 2.75) is 19.0 Å². The van der Waals surface area contributed by atoms with Gasteiger partial charge >= 0.3 is 0 Å². The van der Waals surface area contributed by atoms with Crippen LogP contribution in [0.3, 0.4) is 0 Å². The Morgan fingerprint density at radius 3 is 2.65 bits per heavy atom. The van der Waals surface area contributed by atoms with E-state index in [2.05, 4.69) is 5.32 Å². The van der Waals surface area contributed by atoms with E-state index in [1.54, 1.807) is 0 Å². The van der Waals surface area contributed by atoms with Crippen molar-refractivity contribution < 1.29 is 12.8 Å². The lowest BCUT2D eigenvalue weighted by atomic mass is 10.2. The number of rotatable bonds is 4. The molecule has 1 aliphatic rings. The van der Waals surface area contributed by atoms with E-state index in [4.69, 9.17) is 4.42 Å². The fraction of sp³-hybridized carbons (Fsp3) is 0.333.